The molecule has 18 heavy (non-hydrogen) atoms. The molecule has 0 saturated heterocycles. The lowest BCUT2D eigenvalue weighted by atomic mass is 9.50. The Morgan fingerprint density at radius 1 is 1.22 bits per heavy atom. The van der Waals surface area contributed by atoms with E-state index in [1.807, 2.05) is 0 Å². The average molecular weight is 244 g/mol. The Hall–Kier alpha value is -0.820. The molecule has 0 spiro atoms. The van der Waals surface area contributed by atoms with Gasteiger partial charge in [0.1, 0.15) is 0 Å². The molecule has 1 nitrogen and oxygen atoms in total. The van der Waals surface area contributed by atoms with E-state index < -0.39 is 0 Å². The number of aryl methyl sites for hydroxylation is 1. The highest BCUT2D eigenvalue weighted by Crippen LogP contribution is 2.56. The number of hydrogen-bond acceptors (Lipinski definition) is 1. The van der Waals surface area contributed by atoms with Crippen molar-refractivity contribution in [2.75, 3.05) is 6.61 Å². The molecule has 3 rings (SSSR count). The second kappa shape index (κ2) is 4.09. The molecule has 98 valence electrons. The topological polar surface area (TPSA) is 20.2 Å². The van der Waals surface area contributed by atoms with Crippen LogP contribution in [0.15, 0.2) is 24.3 Å². The Balaban J connectivity index is 2.14. The number of benzene rings is 1. The van der Waals surface area contributed by atoms with E-state index in [2.05, 4.69) is 38.1 Å². The summed E-state index contributed by atoms with van der Waals surface area (Å²) in [4.78, 5) is 0. The highest BCUT2D eigenvalue weighted by Gasteiger charge is 2.51. The zero-order chi connectivity index (χ0) is 12.8. The third kappa shape index (κ3) is 1.56. The first-order chi connectivity index (χ1) is 8.60. The smallest absolute Gasteiger partial charge is 0.0530 e. The van der Waals surface area contributed by atoms with Crippen LogP contribution >= 0.6 is 0 Å². The summed E-state index contributed by atoms with van der Waals surface area (Å²) in [5.41, 5.74) is 3.32. The molecule has 2 atom stereocenters. The third-order valence-electron chi connectivity index (χ3n) is 5.59. The highest BCUT2D eigenvalue weighted by atomic mass is 16.3. The molecule has 2 aliphatic carbocycles. The summed E-state index contributed by atoms with van der Waals surface area (Å²) in [6.45, 7) is 5.11. The maximum absolute atomic E-state index is 10.2. The van der Waals surface area contributed by atoms with Crippen LogP contribution in [0.4, 0.5) is 0 Å². The first kappa shape index (κ1) is 12.2. The van der Waals surface area contributed by atoms with Crippen molar-refractivity contribution < 1.29 is 5.11 Å². The van der Waals surface area contributed by atoms with Crippen molar-refractivity contribution in [1.29, 1.82) is 0 Å². The molecule has 0 unspecified atom stereocenters. The molecule has 0 aliphatic heterocycles. The van der Waals surface area contributed by atoms with Gasteiger partial charge in [-0.05, 0) is 48.1 Å². The maximum atomic E-state index is 10.2. The van der Waals surface area contributed by atoms with Crippen molar-refractivity contribution in [2.24, 2.45) is 11.3 Å². The normalized spacial score (nSPS) is 33.6. The summed E-state index contributed by atoms with van der Waals surface area (Å²) >= 11 is 0. The SMILES string of the molecule is CC1(C)CCC[C@@]2(CO)c3ccccc3CC[C@H]12. The lowest BCUT2D eigenvalue weighted by Crippen LogP contribution is -2.51. The molecule has 1 N–H and O–H groups in total. The summed E-state index contributed by atoms with van der Waals surface area (Å²) in [6, 6.07) is 8.79. The van der Waals surface area contributed by atoms with Gasteiger partial charge in [-0.2, -0.15) is 0 Å². The van der Waals surface area contributed by atoms with Gasteiger partial charge in [0.05, 0.1) is 6.61 Å². The Morgan fingerprint density at radius 2 is 2.00 bits per heavy atom. The van der Waals surface area contributed by atoms with Crippen molar-refractivity contribution in [3.63, 3.8) is 0 Å². The molecule has 1 fully saturated rings. The zero-order valence-corrected chi connectivity index (χ0v) is 11.6. The average Bonchev–Trinajstić information content (AvgIpc) is 2.38. The van der Waals surface area contributed by atoms with Crippen LogP contribution in [0.2, 0.25) is 0 Å². The minimum absolute atomic E-state index is 0.0383. The second-order valence-corrected chi connectivity index (χ2v) is 6.90. The molecule has 0 bridgehead atoms. The van der Waals surface area contributed by atoms with Crippen LogP contribution in [0, 0.1) is 11.3 Å². The molecule has 0 amide bonds. The van der Waals surface area contributed by atoms with Crippen molar-refractivity contribution in [3.05, 3.63) is 35.4 Å². The Labute approximate surface area is 110 Å². The molecule has 0 aromatic heterocycles. The number of hydrogen-bond donors (Lipinski definition) is 1. The van der Waals surface area contributed by atoms with Gasteiger partial charge in [0.25, 0.3) is 0 Å². The Kier molecular flexibility index (Phi) is 2.78. The van der Waals surface area contributed by atoms with Gasteiger partial charge in [-0.15, -0.1) is 0 Å². The van der Waals surface area contributed by atoms with Crippen molar-refractivity contribution >= 4 is 0 Å². The predicted molar refractivity (Wildman–Crippen MR) is 74.6 cm³/mol. The quantitative estimate of drug-likeness (QED) is 0.799. The first-order valence-electron chi connectivity index (χ1n) is 7.29. The molecular weight excluding hydrogens is 220 g/mol. The third-order valence-corrected chi connectivity index (χ3v) is 5.59. The summed E-state index contributed by atoms with van der Waals surface area (Å²) in [5, 5.41) is 10.2. The monoisotopic (exact) mass is 244 g/mol. The Bertz CT molecular complexity index is 449. The number of aliphatic hydroxyl groups is 1. The summed E-state index contributed by atoms with van der Waals surface area (Å²) in [7, 11) is 0. The van der Waals surface area contributed by atoms with Gasteiger partial charge in [-0.3, -0.25) is 0 Å². The van der Waals surface area contributed by atoms with E-state index in [1.54, 1.807) is 0 Å². The molecular formula is C17H24O. The highest BCUT2D eigenvalue weighted by molar-refractivity contribution is 5.39. The zero-order valence-electron chi connectivity index (χ0n) is 11.6. The van der Waals surface area contributed by atoms with Crippen molar-refractivity contribution in [1.82, 2.24) is 0 Å². The minimum atomic E-state index is 0.0383. The van der Waals surface area contributed by atoms with E-state index in [-0.39, 0.29) is 5.41 Å². The molecule has 2 aliphatic rings. The summed E-state index contributed by atoms with van der Waals surface area (Å²) < 4.78 is 0. The molecule has 0 heterocycles. The number of aliphatic hydroxyl groups excluding tert-OH is 1. The van der Waals surface area contributed by atoms with E-state index in [4.69, 9.17) is 0 Å². The first-order valence-corrected chi connectivity index (χ1v) is 7.29. The molecule has 0 radical (unpaired) electrons. The predicted octanol–water partition coefficient (Wildman–Crippen LogP) is 3.69. The van der Waals surface area contributed by atoms with E-state index in [1.165, 1.54) is 36.8 Å². The van der Waals surface area contributed by atoms with Gasteiger partial charge in [0.15, 0.2) is 0 Å². The van der Waals surface area contributed by atoms with E-state index >= 15 is 0 Å². The summed E-state index contributed by atoms with van der Waals surface area (Å²) in [6.07, 6.45) is 6.14. The van der Waals surface area contributed by atoms with Gasteiger partial charge >= 0.3 is 0 Å². The van der Waals surface area contributed by atoms with Crippen LogP contribution in [0.1, 0.15) is 50.7 Å². The largest absolute Gasteiger partial charge is 0.395 e. The van der Waals surface area contributed by atoms with Crippen LogP contribution in [-0.2, 0) is 11.8 Å². The fraction of sp³-hybridized carbons (Fsp3) is 0.647. The second-order valence-electron chi connectivity index (χ2n) is 6.90. The van der Waals surface area contributed by atoms with Gasteiger partial charge in [0, 0.05) is 5.41 Å². The molecule has 1 aromatic carbocycles. The van der Waals surface area contributed by atoms with Crippen molar-refractivity contribution in [2.45, 2.75) is 51.4 Å². The molecule has 1 heteroatoms. The van der Waals surface area contributed by atoms with E-state index in [0.29, 0.717) is 17.9 Å². The van der Waals surface area contributed by atoms with Crippen LogP contribution in [0.25, 0.3) is 0 Å². The van der Waals surface area contributed by atoms with Gasteiger partial charge in [-0.1, -0.05) is 44.5 Å². The van der Waals surface area contributed by atoms with E-state index in [0.717, 1.165) is 6.42 Å². The van der Waals surface area contributed by atoms with Gasteiger partial charge in [0.2, 0.25) is 0 Å². The maximum Gasteiger partial charge on any atom is 0.0530 e. The standard InChI is InChI=1S/C17H24O/c1-16(2)10-5-11-17(12-18)14-7-4-3-6-13(14)8-9-15(16)17/h3-4,6-7,15,18H,5,8-12H2,1-2H3/t15-,17-/m1/s1. The summed E-state index contributed by atoms with van der Waals surface area (Å²) in [5.74, 6) is 0.638. The fourth-order valence-electron chi connectivity index (χ4n) is 4.74. The number of rotatable bonds is 1. The van der Waals surface area contributed by atoms with Crippen LogP contribution in [0.5, 0.6) is 0 Å². The molecule has 1 aromatic rings. The molecule has 1 saturated carbocycles. The van der Waals surface area contributed by atoms with Gasteiger partial charge in [-0.25, -0.2) is 0 Å². The van der Waals surface area contributed by atoms with Crippen molar-refractivity contribution in [3.8, 4) is 0 Å². The minimum Gasteiger partial charge on any atom is -0.395 e. The van der Waals surface area contributed by atoms with Crippen LogP contribution in [-0.4, -0.2) is 11.7 Å². The lowest BCUT2D eigenvalue weighted by Gasteiger charge is -2.55. The Morgan fingerprint density at radius 3 is 2.78 bits per heavy atom. The lowest BCUT2D eigenvalue weighted by molar-refractivity contribution is -0.00508. The van der Waals surface area contributed by atoms with Gasteiger partial charge < -0.3 is 5.11 Å². The van der Waals surface area contributed by atoms with Crippen LogP contribution in [0.3, 0.4) is 0 Å². The van der Waals surface area contributed by atoms with E-state index in [9.17, 15) is 5.11 Å². The van der Waals surface area contributed by atoms with Crippen LogP contribution < -0.4 is 0 Å². The fourth-order valence-corrected chi connectivity index (χ4v) is 4.74. The number of fused-ring (bicyclic) bond motifs is 3.